The zero-order valence-electron chi connectivity index (χ0n) is 10.0. The van der Waals surface area contributed by atoms with Crippen molar-refractivity contribution in [2.45, 2.75) is 50.2 Å². The Balaban J connectivity index is 2.52. The summed E-state index contributed by atoms with van der Waals surface area (Å²) < 4.78 is 0. The van der Waals surface area contributed by atoms with Gasteiger partial charge in [0, 0.05) is 0 Å². The molecule has 1 aliphatic carbocycles. The van der Waals surface area contributed by atoms with Crippen LogP contribution in [0, 0.1) is 0 Å². The number of amides is 1. The number of carbonyl (C=O) groups excluding carboxylic acids is 1. The zero-order chi connectivity index (χ0) is 13.1. The first kappa shape index (κ1) is 13.9. The molecular formula is C11H20N2O4. The predicted molar refractivity (Wildman–Crippen MR) is 61.3 cm³/mol. The van der Waals surface area contributed by atoms with Crippen LogP contribution in [0.2, 0.25) is 0 Å². The Morgan fingerprint density at radius 2 is 1.88 bits per heavy atom. The number of hydrogen-bond donors (Lipinski definition) is 4. The van der Waals surface area contributed by atoms with Crippen LogP contribution in [-0.4, -0.2) is 39.8 Å². The summed E-state index contributed by atoms with van der Waals surface area (Å²) in [6, 6.07) is 0. The normalized spacial score (nSPS) is 22.5. The van der Waals surface area contributed by atoms with E-state index in [-0.39, 0.29) is 12.5 Å². The second-order valence-corrected chi connectivity index (χ2v) is 4.98. The Morgan fingerprint density at radius 1 is 1.35 bits per heavy atom. The fourth-order valence-electron chi connectivity index (χ4n) is 1.91. The van der Waals surface area contributed by atoms with Crippen LogP contribution in [0.1, 0.15) is 39.0 Å². The zero-order valence-corrected chi connectivity index (χ0v) is 10.0. The molecule has 1 amide bonds. The van der Waals surface area contributed by atoms with Crippen LogP contribution in [0.4, 0.5) is 0 Å². The lowest BCUT2D eigenvalue weighted by Crippen LogP contribution is -2.58. The van der Waals surface area contributed by atoms with E-state index in [0.717, 1.165) is 26.2 Å². The summed E-state index contributed by atoms with van der Waals surface area (Å²) in [7, 11) is 0. The Hall–Kier alpha value is -1.14. The molecule has 1 unspecified atom stereocenters. The van der Waals surface area contributed by atoms with Crippen molar-refractivity contribution < 1.29 is 19.8 Å². The van der Waals surface area contributed by atoms with Crippen LogP contribution >= 0.6 is 0 Å². The first-order chi connectivity index (χ1) is 7.78. The Morgan fingerprint density at radius 3 is 2.35 bits per heavy atom. The Kier molecular flexibility index (Phi) is 4.11. The molecule has 1 fully saturated rings. The largest absolute Gasteiger partial charge is 0.479 e. The number of hydrogen-bond acceptors (Lipinski definition) is 4. The van der Waals surface area contributed by atoms with Gasteiger partial charge in [-0.15, -0.1) is 0 Å². The summed E-state index contributed by atoms with van der Waals surface area (Å²) >= 11 is 0. The lowest BCUT2D eigenvalue weighted by atomic mass is 9.82. The lowest BCUT2D eigenvalue weighted by Gasteiger charge is -2.32. The van der Waals surface area contributed by atoms with Crippen molar-refractivity contribution in [1.29, 1.82) is 0 Å². The summed E-state index contributed by atoms with van der Waals surface area (Å²) in [5.74, 6) is -1.74. The van der Waals surface area contributed by atoms with Gasteiger partial charge < -0.3 is 21.3 Å². The molecular weight excluding hydrogens is 224 g/mol. The molecule has 17 heavy (non-hydrogen) atoms. The van der Waals surface area contributed by atoms with E-state index < -0.39 is 17.1 Å². The molecule has 6 nitrogen and oxygen atoms in total. The van der Waals surface area contributed by atoms with E-state index in [9.17, 15) is 14.7 Å². The molecule has 0 radical (unpaired) electrons. The third-order valence-corrected chi connectivity index (χ3v) is 3.25. The van der Waals surface area contributed by atoms with Crippen LogP contribution in [0.3, 0.4) is 0 Å². The minimum absolute atomic E-state index is 0.333. The van der Waals surface area contributed by atoms with Gasteiger partial charge in [0.2, 0.25) is 5.91 Å². The molecule has 1 saturated carbocycles. The summed E-state index contributed by atoms with van der Waals surface area (Å²) in [5, 5.41) is 20.6. The van der Waals surface area contributed by atoms with Gasteiger partial charge in [-0.2, -0.15) is 0 Å². The molecule has 0 heterocycles. The minimum Gasteiger partial charge on any atom is -0.479 e. The highest BCUT2D eigenvalue weighted by molar-refractivity contribution is 5.87. The van der Waals surface area contributed by atoms with E-state index in [2.05, 4.69) is 5.32 Å². The second-order valence-electron chi connectivity index (χ2n) is 4.98. The lowest BCUT2D eigenvalue weighted by molar-refractivity contribution is -0.156. The van der Waals surface area contributed by atoms with Crippen molar-refractivity contribution >= 4 is 11.9 Å². The van der Waals surface area contributed by atoms with Gasteiger partial charge in [0.05, 0.1) is 12.1 Å². The van der Waals surface area contributed by atoms with Crippen molar-refractivity contribution in [3.63, 3.8) is 0 Å². The number of rotatable bonds is 4. The van der Waals surface area contributed by atoms with Gasteiger partial charge in [-0.3, -0.25) is 4.79 Å². The average molecular weight is 244 g/mol. The minimum atomic E-state index is -1.96. The molecule has 1 rings (SSSR count). The standard InChI is InChI=1S/C11H20N2O4/c1-10(17,9(15)16)7-13-8(14)11(12)5-3-2-4-6-11/h17H,2-7,12H2,1H3,(H,13,14)(H,15,16). The van der Waals surface area contributed by atoms with Crippen LogP contribution in [0.5, 0.6) is 0 Å². The van der Waals surface area contributed by atoms with Gasteiger partial charge in [0.1, 0.15) is 0 Å². The molecule has 0 spiro atoms. The summed E-state index contributed by atoms with van der Waals surface area (Å²) in [6.45, 7) is 0.805. The van der Waals surface area contributed by atoms with Crippen molar-refractivity contribution in [3.05, 3.63) is 0 Å². The van der Waals surface area contributed by atoms with E-state index >= 15 is 0 Å². The number of nitrogens with one attached hydrogen (secondary N) is 1. The number of carbonyl (C=O) groups is 2. The van der Waals surface area contributed by atoms with Crippen molar-refractivity contribution in [2.24, 2.45) is 5.73 Å². The molecule has 5 N–H and O–H groups in total. The third kappa shape index (κ3) is 3.41. The molecule has 1 aliphatic rings. The van der Waals surface area contributed by atoms with E-state index in [4.69, 9.17) is 10.8 Å². The molecule has 0 aliphatic heterocycles. The van der Waals surface area contributed by atoms with Gasteiger partial charge in [0.15, 0.2) is 5.60 Å². The van der Waals surface area contributed by atoms with Crippen molar-refractivity contribution in [2.75, 3.05) is 6.54 Å². The number of carboxylic acid groups (broad SMARTS) is 1. The number of aliphatic hydroxyl groups is 1. The maximum atomic E-state index is 11.8. The molecule has 0 saturated heterocycles. The molecule has 98 valence electrons. The SMILES string of the molecule is CC(O)(CNC(=O)C1(N)CCCCC1)C(=O)O. The van der Waals surface area contributed by atoms with E-state index in [0.29, 0.717) is 12.8 Å². The number of nitrogens with two attached hydrogens (primary N) is 1. The molecule has 0 aromatic heterocycles. The molecule has 0 aromatic carbocycles. The fourth-order valence-corrected chi connectivity index (χ4v) is 1.91. The summed E-state index contributed by atoms with van der Waals surface area (Å²) in [6.07, 6.45) is 4.08. The third-order valence-electron chi connectivity index (χ3n) is 3.25. The van der Waals surface area contributed by atoms with Crippen molar-refractivity contribution in [3.8, 4) is 0 Å². The molecule has 6 heteroatoms. The maximum absolute atomic E-state index is 11.8. The summed E-state index contributed by atoms with van der Waals surface area (Å²) in [5.41, 5.74) is 3.10. The second kappa shape index (κ2) is 5.01. The fraction of sp³-hybridized carbons (Fsp3) is 0.818. The van der Waals surface area contributed by atoms with Crippen LogP contribution in [0.25, 0.3) is 0 Å². The van der Waals surface area contributed by atoms with Gasteiger partial charge in [0.25, 0.3) is 0 Å². The van der Waals surface area contributed by atoms with E-state index in [1.165, 1.54) is 0 Å². The highest BCUT2D eigenvalue weighted by atomic mass is 16.4. The van der Waals surface area contributed by atoms with Gasteiger partial charge in [-0.1, -0.05) is 19.3 Å². The highest BCUT2D eigenvalue weighted by Crippen LogP contribution is 2.26. The average Bonchev–Trinajstić information content (AvgIpc) is 2.26. The van der Waals surface area contributed by atoms with Crippen LogP contribution < -0.4 is 11.1 Å². The first-order valence-electron chi connectivity index (χ1n) is 5.81. The van der Waals surface area contributed by atoms with Crippen LogP contribution in [-0.2, 0) is 9.59 Å². The maximum Gasteiger partial charge on any atom is 0.337 e. The smallest absolute Gasteiger partial charge is 0.337 e. The van der Waals surface area contributed by atoms with Crippen molar-refractivity contribution in [1.82, 2.24) is 5.32 Å². The number of carboxylic acids is 1. The molecule has 0 aromatic rings. The Labute approximate surface area is 100 Å². The van der Waals surface area contributed by atoms with Gasteiger partial charge >= 0.3 is 5.97 Å². The Bertz CT molecular complexity index is 309. The predicted octanol–water partition coefficient (Wildman–Crippen LogP) is -0.400. The summed E-state index contributed by atoms with van der Waals surface area (Å²) in [4.78, 5) is 22.5. The first-order valence-corrected chi connectivity index (χ1v) is 5.81. The highest BCUT2D eigenvalue weighted by Gasteiger charge is 2.37. The van der Waals surface area contributed by atoms with E-state index in [1.54, 1.807) is 0 Å². The quantitative estimate of drug-likeness (QED) is 0.537. The molecule has 1 atom stereocenters. The van der Waals surface area contributed by atoms with Gasteiger partial charge in [-0.05, 0) is 19.8 Å². The monoisotopic (exact) mass is 244 g/mol. The molecule has 0 bridgehead atoms. The van der Waals surface area contributed by atoms with Gasteiger partial charge in [-0.25, -0.2) is 4.79 Å². The number of aliphatic carboxylic acids is 1. The van der Waals surface area contributed by atoms with E-state index in [1.807, 2.05) is 0 Å². The van der Waals surface area contributed by atoms with Crippen LogP contribution in [0.15, 0.2) is 0 Å². The topological polar surface area (TPSA) is 113 Å².